The third-order valence-electron chi connectivity index (χ3n) is 12.0. The van der Waals surface area contributed by atoms with Crippen molar-refractivity contribution in [3.05, 3.63) is 161 Å². The predicted molar refractivity (Wildman–Crippen MR) is 243 cm³/mol. The van der Waals surface area contributed by atoms with Crippen LogP contribution in [0.5, 0.6) is 5.75 Å². The van der Waals surface area contributed by atoms with Crippen LogP contribution in [-0.2, 0) is 14.0 Å². The molecule has 310 valence electrons. The van der Waals surface area contributed by atoms with E-state index in [0.717, 1.165) is 38.5 Å². The first-order valence-corrected chi connectivity index (χ1v) is 22.8. The fraction of sp³-hybridized carbons (Fsp3) is 0.280. The van der Waals surface area contributed by atoms with Crippen molar-refractivity contribution in [1.82, 2.24) is 0 Å². The van der Waals surface area contributed by atoms with Crippen LogP contribution in [-0.4, -0.2) is 54.8 Å². The van der Waals surface area contributed by atoms with E-state index in [2.05, 4.69) is 50.4 Å². The molecule has 0 spiro atoms. The van der Waals surface area contributed by atoms with Gasteiger partial charge in [-0.3, -0.25) is 14.5 Å². The number of para-hydroxylation sites is 1. The number of rotatable bonds is 14. The van der Waals surface area contributed by atoms with Crippen molar-refractivity contribution in [2.45, 2.75) is 58.1 Å². The number of aliphatic hydroxyl groups excluding tert-OH is 2. The number of carbonyl (C=O) groups excluding carboxylic acids is 2. The minimum Gasteiger partial charge on any atom is -0.508 e. The number of allylic oxidation sites excluding steroid dienone is 1. The number of hydrogen-bond donors (Lipinski definition) is 4. The molecule has 0 bridgehead atoms. The molecule has 5 aromatic rings. The van der Waals surface area contributed by atoms with E-state index in [0.29, 0.717) is 29.1 Å². The summed E-state index contributed by atoms with van der Waals surface area (Å²) in [5, 5.41) is 39.0. The number of nitrogens with zero attached hydrogens (tertiary/aromatic N) is 1. The number of amides is 2. The molecule has 60 heavy (non-hydrogen) atoms. The second-order valence-electron chi connectivity index (χ2n) is 16.9. The van der Waals surface area contributed by atoms with Crippen molar-refractivity contribution in [3.8, 4) is 5.75 Å². The first-order valence-electron chi connectivity index (χ1n) is 20.5. The van der Waals surface area contributed by atoms with E-state index in [1.54, 1.807) is 24.3 Å². The maximum absolute atomic E-state index is 14.5. The minimum absolute atomic E-state index is 0.0752. The van der Waals surface area contributed by atoms with Crippen molar-refractivity contribution in [2.75, 3.05) is 23.4 Å². The maximum atomic E-state index is 14.5. The summed E-state index contributed by atoms with van der Waals surface area (Å²) in [6.07, 6.45) is 1.87. The van der Waals surface area contributed by atoms with Gasteiger partial charge in [0.2, 0.25) is 11.8 Å². The molecule has 2 amide bonds. The second kappa shape index (κ2) is 18.1. The molecule has 0 unspecified atom stereocenters. The standard InChI is InChI=1S/C50H53ClN2O6Si/c1-33(28-34-21-26-39(55)30-44(34)51)20-27-45(56)46-35(32-59-60(50(2,3)4,40-16-10-6-11-17-40)41-18-12-7-13-19-41)29-42-47(43(46)31-54)49(58)53(48(42)57)38-24-22-37(23-25-38)52-36-14-8-5-9-15-36/h5-19,21-26,28,30,42-43,45,47,52,54-56H,20,27,29,31-32H2,1-4H3/b33-28+/t42-,43+,45-,47-/m1/s1. The number of hydrogen-bond acceptors (Lipinski definition) is 7. The summed E-state index contributed by atoms with van der Waals surface area (Å²) in [6, 6.07) is 42.3. The largest absolute Gasteiger partial charge is 0.508 e. The summed E-state index contributed by atoms with van der Waals surface area (Å²) >= 11 is 6.41. The molecule has 1 aliphatic heterocycles. The Labute approximate surface area is 359 Å². The van der Waals surface area contributed by atoms with Crippen LogP contribution in [0.2, 0.25) is 10.1 Å². The van der Waals surface area contributed by atoms with E-state index in [-0.39, 0.29) is 35.6 Å². The number of benzene rings is 5. The lowest BCUT2D eigenvalue weighted by Gasteiger charge is -2.44. The van der Waals surface area contributed by atoms with Gasteiger partial charge in [-0.2, -0.15) is 0 Å². The number of aromatic hydroxyl groups is 1. The van der Waals surface area contributed by atoms with Crippen molar-refractivity contribution in [2.24, 2.45) is 17.8 Å². The topological polar surface area (TPSA) is 119 Å². The average Bonchev–Trinajstić information content (AvgIpc) is 3.49. The summed E-state index contributed by atoms with van der Waals surface area (Å²) in [5.74, 6) is -3.06. The molecular formula is C50H53ClN2O6Si. The van der Waals surface area contributed by atoms with Crippen LogP contribution in [0.4, 0.5) is 17.1 Å². The lowest BCUT2D eigenvalue weighted by molar-refractivity contribution is -0.123. The zero-order valence-electron chi connectivity index (χ0n) is 34.5. The highest BCUT2D eigenvalue weighted by Gasteiger charge is 2.56. The third-order valence-corrected chi connectivity index (χ3v) is 17.3. The minimum atomic E-state index is -3.07. The molecule has 4 atom stereocenters. The quantitative estimate of drug-likeness (QED) is 0.0501. The van der Waals surface area contributed by atoms with Gasteiger partial charge in [0.25, 0.3) is 8.32 Å². The summed E-state index contributed by atoms with van der Waals surface area (Å²) in [6.45, 7) is 8.23. The van der Waals surface area contributed by atoms with Crippen LogP contribution < -0.4 is 20.6 Å². The third kappa shape index (κ3) is 8.64. The first-order chi connectivity index (χ1) is 28.8. The molecule has 1 fully saturated rings. The molecule has 0 aromatic heterocycles. The molecule has 1 aliphatic carbocycles. The summed E-state index contributed by atoms with van der Waals surface area (Å²) in [5.41, 5.74) is 5.17. The molecule has 10 heteroatoms. The summed E-state index contributed by atoms with van der Waals surface area (Å²) < 4.78 is 7.42. The van der Waals surface area contributed by atoms with Gasteiger partial charge >= 0.3 is 0 Å². The number of carbonyl (C=O) groups is 2. The van der Waals surface area contributed by atoms with Crippen LogP contribution in [0.1, 0.15) is 52.5 Å². The van der Waals surface area contributed by atoms with Gasteiger partial charge in [0.05, 0.1) is 41.9 Å². The Bertz CT molecular complexity index is 2320. The van der Waals surface area contributed by atoms with Crippen molar-refractivity contribution < 1.29 is 29.3 Å². The van der Waals surface area contributed by atoms with Gasteiger partial charge in [-0.25, -0.2) is 0 Å². The molecule has 1 heterocycles. The lowest BCUT2D eigenvalue weighted by atomic mass is 9.68. The highest BCUT2D eigenvalue weighted by molar-refractivity contribution is 6.99. The second-order valence-corrected chi connectivity index (χ2v) is 21.6. The number of halogens is 1. The lowest BCUT2D eigenvalue weighted by Crippen LogP contribution is -2.66. The summed E-state index contributed by atoms with van der Waals surface area (Å²) in [7, 11) is -3.07. The number of fused-ring (bicyclic) bond motifs is 1. The Morgan fingerprint density at radius 2 is 1.45 bits per heavy atom. The molecule has 4 N–H and O–H groups in total. The first kappa shape index (κ1) is 42.8. The Kier molecular flexibility index (Phi) is 12.9. The van der Waals surface area contributed by atoms with E-state index in [1.807, 2.05) is 91.9 Å². The van der Waals surface area contributed by atoms with E-state index in [4.69, 9.17) is 16.0 Å². The zero-order chi connectivity index (χ0) is 42.6. The molecular weight excluding hydrogens is 788 g/mol. The smallest absolute Gasteiger partial charge is 0.261 e. The van der Waals surface area contributed by atoms with Crippen LogP contribution in [0, 0.1) is 17.8 Å². The molecule has 8 nitrogen and oxygen atoms in total. The van der Waals surface area contributed by atoms with Gasteiger partial charge in [-0.15, -0.1) is 0 Å². The van der Waals surface area contributed by atoms with E-state index >= 15 is 0 Å². The number of aliphatic hydroxyl groups is 2. The molecule has 0 saturated carbocycles. The molecule has 0 radical (unpaired) electrons. The van der Waals surface area contributed by atoms with Crippen molar-refractivity contribution in [3.63, 3.8) is 0 Å². The van der Waals surface area contributed by atoms with Gasteiger partial charge in [-0.1, -0.05) is 123 Å². The van der Waals surface area contributed by atoms with Crippen molar-refractivity contribution in [1.29, 1.82) is 0 Å². The highest BCUT2D eigenvalue weighted by Crippen LogP contribution is 2.48. The average molecular weight is 842 g/mol. The number of imide groups is 1. The number of phenolic OH excluding ortho intramolecular Hbond substituents is 1. The van der Waals surface area contributed by atoms with Crippen LogP contribution in [0.25, 0.3) is 6.08 Å². The Balaban J connectivity index is 1.25. The maximum Gasteiger partial charge on any atom is 0.261 e. The SMILES string of the molecule is C/C(=C\c1ccc(O)cc1Cl)CC[C@@H](O)C1=C(CO[Si](c2ccccc2)(c2ccccc2)C(C)(C)C)C[C@H]2C(=O)N(c3ccc(Nc4ccccc4)cc3)C(=O)[C@H]2[C@H]1CO. The summed E-state index contributed by atoms with van der Waals surface area (Å²) in [4.78, 5) is 30.3. The van der Waals surface area contributed by atoms with Gasteiger partial charge in [0.1, 0.15) is 5.75 Å². The fourth-order valence-electron chi connectivity index (χ4n) is 9.18. The van der Waals surface area contributed by atoms with E-state index in [1.165, 1.54) is 11.0 Å². The van der Waals surface area contributed by atoms with E-state index < -0.39 is 38.8 Å². The fourth-order valence-corrected chi connectivity index (χ4v) is 14.0. The van der Waals surface area contributed by atoms with Gasteiger partial charge in [0.15, 0.2) is 0 Å². The van der Waals surface area contributed by atoms with Crippen LogP contribution in [0.3, 0.4) is 0 Å². The van der Waals surface area contributed by atoms with Crippen LogP contribution in [0.15, 0.2) is 150 Å². The van der Waals surface area contributed by atoms with Crippen molar-refractivity contribution >= 4 is 65.2 Å². The Hall–Kier alpha value is -5.29. The van der Waals surface area contributed by atoms with Gasteiger partial charge in [-0.05, 0) is 113 Å². The monoisotopic (exact) mass is 840 g/mol. The van der Waals surface area contributed by atoms with Gasteiger partial charge < -0.3 is 25.1 Å². The highest BCUT2D eigenvalue weighted by atomic mass is 35.5. The number of nitrogens with one attached hydrogen (secondary N) is 1. The van der Waals surface area contributed by atoms with E-state index in [9.17, 15) is 24.9 Å². The van der Waals surface area contributed by atoms with Gasteiger partial charge in [0, 0.05) is 17.3 Å². The zero-order valence-corrected chi connectivity index (χ0v) is 36.3. The number of phenols is 1. The normalized spacial score (nSPS) is 19.1. The molecule has 7 rings (SSSR count). The number of anilines is 3. The predicted octanol–water partition coefficient (Wildman–Crippen LogP) is 9.02. The van der Waals surface area contributed by atoms with Crippen LogP contribution >= 0.6 is 11.6 Å². The molecule has 5 aromatic carbocycles. The molecule has 2 aliphatic rings. The molecule has 1 saturated heterocycles. The Morgan fingerprint density at radius 1 is 0.867 bits per heavy atom. The Morgan fingerprint density at radius 3 is 2.02 bits per heavy atom.